The molecule has 2 aromatic rings. The van der Waals surface area contributed by atoms with Gasteiger partial charge >= 0.3 is 6.09 Å². The summed E-state index contributed by atoms with van der Waals surface area (Å²) in [6.45, 7) is 1.66. The summed E-state index contributed by atoms with van der Waals surface area (Å²) >= 11 is 0. The van der Waals surface area contributed by atoms with Gasteiger partial charge in [0.2, 0.25) is 0 Å². The van der Waals surface area contributed by atoms with Crippen molar-refractivity contribution in [2.45, 2.75) is 25.5 Å². The standard InChI is InChI=1S/C16H18N2O4/c19-16(22-14-3-6-20-7-4-14)18-10-12-8-13(11-17-9-12)15-2-1-5-21-15/h1-2,5,8-9,11,14H,3-4,6-7,10H2,(H,18,19). The number of hydrogen-bond donors (Lipinski definition) is 1. The summed E-state index contributed by atoms with van der Waals surface area (Å²) in [5.74, 6) is 0.749. The van der Waals surface area contributed by atoms with Crippen LogP contribution in [0.15, 0.2) is 41.3 Å². The second kappa shape index (κ2) is 7.09. The van der Waals surface area contributed by atoms with Gasteiger partial charge in [-0.3, -0.25) is 4.98 Å². The number of aromatic nitrogens is 1. The number of nitrogens with zero attached hydrogens (tertiary/aromatic N) is 1. The second-order valence-corrected chi connectivity index (χ2v) is 5.13. The van der Waals surface area contributed by atoms with E-state index in [1.165, 1.54) is 0 Å². The van der Waals surface area contributed by atoms with Crippen molar-refractivity contribution in [2.24, 2.45) is 0 Å². The molecule has 0 spiro atoms. The van der Waals surface area contributed by atoms with Crippen LogP contribution in [0, 0.1) is 0 Å². The Morgan fingerprint density at radius 2 is 2.23 bits per heavy atom. The molecule has 1 amide bonds. The Hall–Kier alpha value is -2.34. The Morgan fingerprint density at radius 3 is 3.00 bits per heavy atom. The highest BCUT2D eigenvalue weighted by atomic mass is 16.6. The monoisotopic (exact) mass is 302 g/mol. The van der Waals surface area contributed by atoms with Crippen LogP contribution in [-0.2, 0) is 16.0 Å². The molecular weight excluding hydrogens is 284 g/mol. The van der Waals surface area contributed by atoms with E-state index >= 15 is 0 Å². The van der Waals surface area contributed by atoms with Crippen LogP contribution >= 0.6 is 0 Å². The summed E-state index contributed by atoms with van der Waals surface area (Å²) in [4.78, 5) is 16.0. The van der Waals surface area contributed by atoms with Crippen LogP contribution in [0.4, 0.5) is 4.79 Å². The lowest BCUT2D eigenvalue weighted by Crippen LogP contribution is -2.32. The maximum Gasteiger partial charge on any atom is 0.407 e. The van der Waals surface area contributed by atoms with Crippen LogP contribution in [0.5, 0.6) is 0 Å². The van der Waals surface area contributed by atoms with E-state index in [-0.39, 0.29) is 6.10 Å². The molecule has 116 valence electrons. The number of nitrogens with one attached hydrogen (secondary N) is 1. The number of alkyl carbamates (subject to hydrolysis) is 1. The SMILES string of the molecule is O=C(NCc1cncc(-c2ccco2)c1)OC1CCOCC1. The second-order valence-electron chi connectivity index (χ2n) is 5.13. The number of ether oxygens (including phenoxy) is 2. The van der Waals surface area contributed by atoms with Crippen molar-refractivity contribution < 1.29 is 18.7 Å². The molecule has 1 saturated heterocycles. The number of amides is 1. The summed E-state index contributed by atoms with van der Waals surface area (Å²) in [5.41, 5.74) is 1.76. The molecule has 6 heteroatoms. The Kier molecular flexibility index (Phi) is 4.70. The van der Waals surface area contributed by atoms with Gasteiger partial charge in [-0.15, -0.1) is 0 Å². The molecule has 1 N–H and O–H groups in total. The Bertz CT molecular complexity index is 606. The van der Waals surface area contributed by atoms with E-state index in [1.807, 2.05) is 18.2 Å². The third-order valence-corrected chi connectivity index (χ3v) is 3.48. The van der Waals surface area contributed by atoms with Gasteiger partial charge in [0.15, 0.2) is 0 Å². The van der Waals surface area contributed by atoms with E-state index < -0.39 is 6.09 Å². The van der Waals surface area contributed by atoms with Crippen molar-refractivity contribution >= 4 is 6.09 Å². The first kappa shape index (κ1) is 14.6. The molecule has 1 aliphatic rings. The van der Waals surface area contributed by atoms with E-state index in [4.69, 9.17) is 13.9 Å². The van der Waals surface area contributed by atoms with Crippen molar-refractivity contribution in [2.75, 3.05) is 13.2 Å². The lowest BCUT2D eigenvalue weighted by atomic mass is 10.1. The maximum atomic E-state index is 11.8. The third-order valence-electron chi connectivity index (χ3n) is 3.48. The fourth-order valence-corrected chi connectivity index (χ4v) is 2.32. The zero-order valence-corrected chi connectivity index (χ0v) is 12.2. The van der Waals surface area contributed by atoms with Crippen LogP contribution in [0.3, 0.4) is 0 Å². The number of carbonyl (C=O) groups is 1. The van der Waals surface area contributed by atoms with Crippen molar-refractivity contribution in [3.8, 4) is 11.3 Å². The lowest BCUT2D eigenvalue weighted by Gasteiger charge is -2.22. The van der Waals surface area contributed by atoms with Gasteiger partial charge in [0.05, 0.1) is 19.5 Å². The Balaban J connectivity index is 1.52. The van der Waals surface area contributed by atoms with E-state index in [0.29, 0.717) is 19.8 Å². The first-order valence-corrected chi connectivity index (χ1v) is 7.31. The Morgan fingerprint density at radius 1 is 1.36 bits per heavy atom. The minimum atomic E-state index is -0.407. The fraction of sp³-hybridized carbons (Fsp3) is 0.375. The number of furan rings is 1. The molecule has 0 aromatic carbocycles. The smallest absolute Gasteiger partial charge is 0.407 e. The van der Waals surface area contributed by atoms with Crippen LogP contribution < -0.4 is 5.32 Å². The molecule has 0 radical (unpaired) electrons. The third kappa shape index (κ3) is 3.85. The summed E-state index contributed by atoms with van der Waals surface area (Å²) in [6.07, 6.45) is 6.10. The minimum Gasteiger partial charge on any atom is -0.464 e. The minimum absolute atomic E-state index is 0.0543. The van der Waals surface area contributed by atoms with Crippen molar-refractivity contribution in [3.63, 3.8) is 0 Å². The van der Waals surface area contributed by atoms with Gasteiger partial charge in [-0.1, -0.05) is 0 Å². The molecule has 3 heterocycles. The number of rotatable bonds is 4. The molecule has 3 rings (SSSR count). The molecule has 0 unspecified atom stereocenters. The summed E-state index contributed by atoms with van der Waals surface area (Å²) in [5, 5.41) is 2.75. The van der Waals surface area contributed by atoms with Gasteiger partial charge in [0.1, 0.15) is 11.9 Å². The highest BCUT2D eigenvalue weighted by molar-refractivity contribution is 5.67. The average Bonchev–Trinajstić information content (AvgIpc) is 3.09. The van der Waals surface area contributed by atoms with E-state index in [9.17, 15) is 4.79 Å². The van der Waals surface area contributed by atoms with Gasteiger partial charge < -0.3 is 19.2 Å². The number of pyridine rings is 1. The predicted octanol–water partition coefficient (Wildman–Crippen LogP) is 2.75. The van der Waals surface area contributed by atoms with Crippen molar-refractivity contribution in [3.05, 3.63) is 42.4 Å². The van der Waals surface area contributed by atoms with Crippen LogP contribution in [0.1, 0.15) is 18.4 Å². The maximum absolute atomic E-state index is 11.8. The van der Waals surface area contributed by atoms with Gasteiger partial charge in [-0.25, -0.2) is 4.79 Å². The quantitative estimate of drug-likeness (QED) is 0.940. The number of carbonyl (C=O) groups excluding carboxylic acids is 1. The summed E-state index contributed by atoms with van der Waals surface area (Å²) < 4.78 is 15.9. The average molecular weight is 302 g/mol. The topological polar surface area (TPSA) is 73.6 Å². The van der Waals surface area contributed by atoms with Gasteiger partial charge in [0, 0.05) is 37.3 Å². The molecule has 6 nitrogen and oxygen atoms in total. The highest BCUT2D eigenvalue weighted by Gasteiger charge is 2.17. The molecule has 0 saturated carbocycles. The molecule has 2 aromatic heterocycles. The molecule has 0 bridgehead atoms. The first-order chi connectivity index (χ1) is 10.8. The normalized spacial score (nSPS) is 15.5. The highest BCUT2D eigenvalue weighted by Crippen LogP contribution is 2.19. The largest absolute Gasteiger partial charge is 0.464 e. The molecular formula is C16H18N2O4. The van der Waals surface area contributed by atoms with Gasteiger partial charge in [-0.05, 0) is 23.8 Å². The fourth-order valence-electron chi connectivity index (χ4n) is 2.32. The van der Waals surface area contributed by atoms with Crippen molar-refractivity contribution in [1.82, 2.24) is 10.3 Å². The zero-order chi connectivity index (χ0) is 15.2. The molecule has 1 fully saturated rings. The first-order valence-electron chi connectivity index (χ1n) is 7.31. The predicted molar refractivity (Wildman–Crippen MR) is 79.1 cm³/mol. The van der Waals surface area contributed by atoms with Crippen LogP contribution in [-0.4, -0.2) is 30.4 Å². The Labute approximate surface area is 128 Å². The molecule has 0 atom stereocenters. The zero-order valence-electron chi connectivity index (χ0n) is 12.2. The van der Waals surface area contributed by atoms with E-state index in [2.05, 4.69) is 10.3 Å². The van der Waals surface area contributed by atoms with Gasteiger partial charge in [-0.2, -0.15) is 0 Å². The van der Waals surface area contributed by atoms with Crippen LogP contribution in [0.2, 0.25) is 0 Å². The van der Waals surface area contributed by atoms with Crippen LogP contribution in [0.25, 0.3) is 11.3 Å². The lowest BCUT2D eigenvalue weighted by molar-refractivity contribution is 0.00151. The molecule has 1 aliphatic heterocycles. The summed E-state index contributed by atoms with van der Waals surface area (Å²) in [7, 11) is 0. The molecule has 22 heavy (non-hydrogen) atoms. The summed E-state index contributed by atoms with van der Waals surface area (Å²) in [6, 6.07) is 5.62. The van der Waals surface area contributed by atoms with Crippen molar-refractivity contribution in [1.29, 1.82) is 0 Å². The molecule has 0 aliphatic carbocycles. The van der Waals surface area contributed by atoms with E-state index in [1.54, 1.807) is 18.7 Å². The number of hydrogen-bond acceptors (Lipinski definition) is 5. The van der Waals surface area contributed by atoms with Gasteiger partial charge in [0.25, 0.3) is 0 Å². The van der Waals surface area contributed by atoms with E-state index in [0.717, 1.165) is 29.7 Å².